The lowest BCUT2D eigenvalue weighted by molar-refractivity contribution is -0.426. The second kappa shape index (κ2) is 4.84. The van der Waals surface area contributed by atoms with Crippen molar-refractivity contribution in [3.8, 4) is 0 Å². The van der Waals surface area contributed by atoms with E-state index in [1.807, 2.05) is 0 Å². The van der Waals surface area contributed by atoms with Crippen LogP contribution in [0.1, 0.15) is 18.0 Å². The lowest BCUT2D eigenvalue weighted by Crippen LogP contribution is -2.55. The third-order valence-corrected chi connectivity index (χ3v) is 2.05. The second-order valence-electron chi connectivity index (χ2n) is 3.11. The third kappa shape index (κ3) is 2.73. The van der Waals surface area contributed by atoms with Crippen molar-refractivity contribution in [2.24, 2.45) is 0 Å². The zero-order chi connectivity index (χ0) is 11.4. The van der Waals surface area contributed by atoms with Crippen molar-refractivity contribution < 1.29 is 24.0 Å². The van der Waals surface area contributed by atoms with Gasteiger partial charge in [-0.25, -0.2) is 8.78 Å². The maximum atomic E-state index is 13.2. The van der Waals surface area contributed by atoms with Gasteiger partial charge in [-0.1, -0.05) is 6.07 Å². The van der Waals surface area contributed by atoms with Gasteiger partial charge in [-0.15, -0.1) is 0 Å². The van der Waals surface area contributed by atoms with Crippen LogP contribution in [0.4, 0.5) is 8.78 Å². The minimum Gasteiger partial charge on any atom is -0.469 e. The number of rotatable bonds is 3. The molecule has 5 heteroatoms. The molecule has 82 valence electrons. The van der Waals surface area contributed by atoms with Crippen LogP contribution in [0.25, 0.3) is 0 Å². The summed E-state index contributed by atoms with van der Waals surface area (Å²) in [4.78, 5) is 10.9. The Bertz CT molecular complexity index is 348. The smallest absolute Gasteiger partial charge is 0.311 e. The summed E-state index contributed by atoms with van der Waals surface area (Å²) in [5, 5.41) is 0. The second-order valence-corrected chi connectivity index (χ2v) is 3.11. The average Bonchev–Trinajstić information content (AvgIpc) is 2.17. The van der Waals surface area contributed by atoms with Crippen LogP contribution in [-0.4, -0.2) is 13.1 Å². The molecule has 1 aromatic carbocycles. The molecule has 0 radical (unpaired) electrons. The van der Waals surface area contributed by atoms with E-state index in [1.54, 1.807) is 0 Å². The fraction of sp³-hybridized carbons (Fsp3) is 0.300. The van der Waals surface area contributed by atoms with Crippen molar-refractivity contribution in [2.45, 2.75) is 12.5 Å². The van der Waals surface area contributed by atoms with Crippen LogP contribution in [0.3, 0.4) is 0 Å². The molecule has 0 saturated carbocycles. The molecule has 0 amide bonds. The molecule has 0 aliphatic carbocycles. The van der Waals surface area contributed by atoms with Crippen LogP contribution in [0.5, 0.6) is 0 Å². The molecule has 0 heterocycles. The quantitative estimate of drug-likeness (QED) is 0.760. The third-order valence-electron chi connectivity index (χ3n) is 2.05. The largest absolute Gasteiger partial charge is 0.469 e. The van der Waals surface area contributed by atoms with Gasteiger partial charge in [0.25, 0.3) is 0 Å². The highest BCUT2D eigenvalue weighted by atomic mass is 19.1. The Morgan fingerprint density at radius 1 is 1.47 bits per heavy atom. The van der Waals surface area contributed by atoms with Crippen molar-refractivity contribution in [1.29, 1.82) is 0 Å². The molecule has 0 unspecified atom stereocenters. The first-order valence-corrected chi connectivity index (χ1v) is 4.40. The summed E-state index contributed by atoms with van der Waals surface area (Å²) in [5.41, 5.74) is 3.36. The molecule has 0 saturated heterocycles. The fourth-order valence-electron chi connectivity index (χ4n) is 1.29. The van der Waals surface area contributed by atoms with Crippen LogP contribution in [0, 0.1) is 11.6 Å². The van der Waals surface area contributed by atoms with Crippen LogP contribution in [0.15, 0.2) is 18.2 Å². The summed E-state index contributed by atoms with van der Waals surface area (Å²) in [6.07, 6.45) is -0.144. The monoisotopic (exact) mass is 216 g/mol. The lowest BCUT2D eigenvalue weighted by Gasteiger charge is -2.09. The van der Waals surface area contributed by atoms with Gasteiger partial charge in [-0.05, 0) is 12.1 Å². The SMILES string of the molecule is COC(=O)C[C@H]([NH3+])c1c(F)cccc1F. The highest BCUT2D eigenvalue weighted by Crippen LogP contribution is 2.20. The summed E-state index contributed by atoms with van der Waals surface area (Å²) in [7, 11) is 1.22. The van der Waals surface area contributed by atoms with E-state index in [-0.39, 0.29) is 12.0 Å². The predicted molar refractivity (Wildman–Crippen MR) is 48.6 cm³/mol. The molecular weight excluding hydrogens is 204 g/mol. The zero-order valence-electron chi connectivity index (χ0n) is 8.30. The molecule has 3 N–H and O–H groups in total. The Hall–Kier alpha value is -1.49. The van der Waals surface area contributed by atoms with Gasteiger partial charge in [0.05, 0.1) is 12.7 Å². The van der Waals surface area contributed by atoms with Gasteiger partial charge in [0, 0.05) is 0 Å². The van der Waals surface area contributed by atoms with Gasteiger partial charge >= 0.3 is 5.97 Å². The van der Waals surface area contributed by atoms with E-state index >= 15 is 0 Å². The summed E-state index contributed by atoms with van der Waals surface area (Å²) in [5.74, 6) is -1.93. The minimum atomic E-state index is -0.779. The number of benzene rings is 1. The molecule has 0 aliphatic rings. The normalized spacial score (nSPS) is 12.3. The number of halogens is 2. The topological polar surface area (TPSA) is 53.9 Å². The molecule has 0 bridgehead atoms. The Kier molecular flexibility index (Phi) is 3.74. The van der Waals surface area contributed by atoms with Crippen molar-refractivity contribution >= 4 is 5.97 Å². The maximum Gasteiger partial charge on any atom is 0.311 e. The van der Waals surface area contributed by atoms with Crippen LogP contribution in [-0.2, 0) is 9.53 Å². The first kappa shape index (κ1) is 11.6. The van der Waals surface area contributed by atoms with Gasteiger partial charge in [0.2, 0.25) is 0 Å². The number of carbonyl (C=O) groups is 1. The first-order chi connectivity index (χ1) is 7.06. The van der Waals surface area contributed by atoms with E-state index in [1.165, 1.54) is 13.2 Å². The summed E-state index contributed by atoms with van der Waals surface area (Å²) < 4.78 is 30.8. The number of carbonyl (C=O) groups excluding carboxylic acids is 1. The zero-order valence-corrected chi connectivity index (χ0v) is 8.30. The maximum absolute atomic E-state index is 13.2. The summed E-state index contributed by atoms with van der Waals surface area (Å²) >= 11 is 0. The van der Waals surface area contributed by atoms with Crippen LogP contribution < -0.4 is 5.73 Å². The standard InChI is InChI=1S/C10H11F2NO2/c1-15-9(14)5-8(13)10-6(11)3-2-4-7(10)12/h2-4,8H,5,13H2,1H3/p+1/t8-/m0/s1. The van der Waals surface area contributed by atoms with Gasteiger partial charge in [0.1, 0.15) is 24.1 Å². The van der Waals surface area contributed by atoms with E-state index in [0.29, 0.717) is 0 Å². The molecule has 0 fully saturated rings. The van der Waals surface area contributed by atoms with Crippen molar-refractivity contribution in [2.75, 3.05) is 7.11 Å². The van der Waals surface area contributed by atoms with Gasteiger partial charge < -0.3 is 10.5 Å². The van der Waals surface area contributed by atoms with E-state index in [9.17, 15) is 13.6 Å². The molecule has 0 aliphatic heterocycles. The number of ether oxygens (including phenoxy) is 1. The van der Waals surface area contributed by atoms with Crippen LogP contribution in [0.2, 0.25) is 0 Å². The molecular formula is C10H12F2NO2+. The minimum absolute atomic E-state index is 0.144. The fourth-order valence-corrected chi connectivity index (χ4v) is 1.29. The number of hydrogen-bond acceptors (Lipinski definition) is 2. The molecule has 3 nitrogen and oxygen atoms in total. The number of hydrogen-bond donors (Lipinski definition) is 1. The molecule has 1 rings (SSSR count). The average molecular weight is 216 g/mol. The van der Waals surface area contributed by atoms with Gasteiger partial charge in [-0.2, -0.15) is 0 Å². The number of quaternary nitrogens is 1. The Morgan fingerprint density at radius 3 is 2.47 bits per heavy atom. The van der Waals surface area contributed by atoms with Crippen LogP contribution >= 0.6 is 0 Å². The highest BCUT2D eigenvalue weighted by molar-refractivity contribution is 5.70. The first-order valence-electron chi connectivity index (χ1n) is 4.40. The van der Waals surface area contributed by atoms with Gasteiger partial charge in [-0.3, -0.25) is 4.79 Å². The van der Waals surface area contributed by atoms with Crippen molar-refractivity contribution in [3.05, 3.63) is 35.4 Å². The Morgan fingerprint density at radius 2 is 2.00 bits per heavy atom. The van der Waals surface area contributed by atoms with Gasteiger partial charge in [0.15, 0.2) is 0 Å². The summed E-state index contributed by atoms with van der Waals surface area (Å²) in [6, 6.07) is 2.75. The van der Waals surface area contributed by atoms with E-state index < -0.39 is 23.6 Å². The van der Waals surface area contributed by atoms with Crippen molar-refractivity contribution in [3.63, 3.8) is 0 Å². The Labute approximate surface area is 85.8 Å². The number of methoxy groups -OCH3 is 1. The Balaban J connectivity index is 2.90. The molecule has 1 atom stereocenters. The molecule has 1 aromatic rings. The van der Waals surface area contributed by atoms with E-state index in [2.05, 4.69) is 10.5 Å². The molecule has 15 heavy (non-hydrogen) atoms. The highest BCUT2D eigenvalue weighted by Gasteiger charge is 2.22. The molecule has 0 spiro atoms. The summed E-state index contributed by atoms with van der Waals surface area (Å²) in [6.45, 7) is 0. The molecule has 0 aromatic heterocycles. The van der Waals surface area contributed by atoms with Crippen molar-refractivity contribution in [1.82, 2.24) is 0 Å². The predicted octanol–water partition coefficient (Wildman–Crippen LogP) is 0.811. The van der Waals surface area contributed by atoms with E-state index in [0.717, 1.165) is 12.1 Å². The number of esters is 1. The lowest BCUT2D eigenvalue weighted by atomic mass is 10.0. The van der Waals surface area contributed by atoms with E-state index in [4.69, 9.17) is 0 Å².